The van der Waals surface area contributed by atoms with E-state index in [0.29, 0.717) is 5.95 Å². The first-order valence-electron chi connectivity index (χ1n) is 10.1. The molecule has 0 aliphatic carbocycles. The third-order valence-electron chi connectivity index (χ3n) is 5.11. The first-order chi connectivity index (χ1) is 15.6. The van der Waals surface area contributed by atoms with Crippen LogP contribution in [0.1, 0.15) is 18.4 Å². The molecule has 1 saturated heterocycles. The van der Waals surface area contributed by atoms with E-state index in [1.54, 1.807) is 6.20 Å². The second kappa shape index (κ2) is 9.63. The summed E-state index contributed by atoms with van der Waals surface area (Å²) in [6.45, 7) is 1.67. The van der Waals surface area contributed by atoms with Crippen LogP contribution in [0.2, 0.25) is 0 Å². The van der Waals surface area contributed by atoms with E-state index >= 15 is 0 Å². The monoisotopic (exact) mass is 443 g/mol. The van der Waals surface area contributed by atoms with Crippen molar-refractivity contribution in [1.29, 1.82) is 0 Å². The van der Waals surface area contributed by atoms with Crippen molar-refractivity contribution in [3.05, 3.63) is 54.0 Å². The van der Waals surface area contributed by atoms with E-state index < -0.39 is 11.6 Å². The van der Waals surface area contributed by atoms with Gasteiger partial charge in [0.1, 0.15) is 12.4 Å². The van der Waals surface area contributed by atoms with Crippen molar-refractivity contribution in [2.24, 2.45) is 0 Å². The molecule has 0 atom stereocenters. The number of nitrogens with one attached hydrogen (secondary N) is 1. The maximum Gasteiger partial charge on any atom is 0.227 e. The number of halogens is 2. The fourth-order valence-electron chi connectivity index (χ4n) is 3.40. The van der Waals surface area contributed by atoms with Gasteiger partial charge in [-0.25, -0.2) is 23.7 Å². The van der Waals surface area contributed by atoms with Gasteiger partial charge in [-0.3, -0.25) is 0 Å². The Morgan fingerprint density at radius 3 is 2.16 bits per heavy atom. The predicted molar refractivity (Wildman–Crippen MR) is 115 cm³/mol. The third kappa shape index (κ3) is 4.63. The lowest BCUT2D eigenvalue weighted by molar-refractivity contribution is 0.280. The van der Waals surface area contributed by atoms with Gasteiger partial charge in [0.2, 0.25) is 5.95 Å². The van der Waals surface area contributed by atoms with Crippen molar-refractivity contribution >= 4 is 17.5 Å². The van der Waals surface area contributed by atoms with Crippen molar-refractivity contribution < 1.29 is 23.0 Å². The second-order valence-corrected chi connectivity index (χ2v) is 7.14. The van der Waals surface area contributed by atoms with Crippen molar-refractivity contribution in [2.45, 2.75) is 19.4 Å². The molecule has 8 nitrogen and oxygen atoms in total. The van der Waals surface area contributed by atoms with Gasteiger partial charge in [-0.15, -0.1) is 0 Å². The fraction of sp³-hybridized carbons (Fsp3) is 0.318. The molecule has 2 aromatic heterocycles. The molecule has 3 heterocycles. The molecule has 0 bridgehead atoms. The molecule has 0 spiro atoms. The minimum atomic E-state index is -0.852. The van der Waals surface area contributed by atoms with E-state index in [1.807, 2.05) is 12.1 Å². The largest absolute Gasteiger partial charge is 0.494 e. The predicted octanol–water partition coefficient (Wildman–Crippen LogP) is 4.09. The van der Waals surface area contributed by atoms with E-state index in [-0.39, 0.29) is 29.4 Å². The highest BCUT2D eigenvalue weighted by Crippen LogP contribution is 2.32. The Morgan fingerprint density at radius 1 is 0.938 bits per heavy atom. The number of anilines is 3. The normalized spacial score (nSPS) is 13.2. The number of benzene rings is 1. The number of aromatic nitrogens is 3. The molecule has 1 aliphatic rings. The SMILES string of the molecule is COc1cc(OC)c(F)c(COc2cnc(Nc3ccc(N4CCCC4)nc3)nc2)c1F. The van der Waals surface area contributed by atoms with Crippen LogP contribution in [0.25, 0.3) is 0 Å². The molecule has 1 N–H and O–H groups in total. The smallest absolute Gasteiger partial charge is 0.227 e. The summed E-state index contributed by atoms with van der Waals surface area (Å²) in [7, 11) is 2.57. The molecule has 0 saturated carbocycles. The molecular formula is C22H23F2N5O3. The molecule has 3 aromatic rings. The van der Waals surface area contributed by atoms with Crippen molar-refractivity contribution in [2.75, 3.05) is 37.5 Å². The minimum absolute atomic E-state index is 0.137. The van der Waals surface area contributed by atoms with E-state index in [2.05, 4.69) is 25.2 Å². The molecule has 1 aliphatic heterocycles. The molecular weight excluding hydrogens is 420 g/mol. The first-order valence-corrected chi connectivity index (χ1v) is 10.1. The van der Waals surface area contributed by atoms with Gasteiger partial charge in [0.15, 0.2) is 28.9 Å². The molecule has 32 heavy (non-hydrogen) atoms. The van der Waals surface area contributed by atoms with Crippen molar-refractivity contribution in [1.82, 2.24) is 15.0 Å². The molecule has 10 heteroatoms. The number of nitrogens with zero attached hydrogens (tertiary/aromatic N) is 4. The van der Waals surface area contributed by atoms with E-state index in [4.69, 9.17) is 14.2 Å². The van der Waals surface area contributed by atoms with Crippen LogP contribution in [0.5, 0.6) is 17.2 Å². The molecule has 0 amide bonds. The Bertz CT molecular complexity index is 1030. The molecule has 0 radical (unpaired) electrons. The quantitative estimate of drug-likeness (QED) is 0.558. The van der Waals surface area contributed by atoms with Crippen LogP contribution in [0.4, 0.5) is 26.2 Å². The van der Waals surface area contributed by atoms with E-state index in [1.165, 1.54) is 39.5 Å². The number of ether oxygens (including phenoxy) is 3. The molecule has 168 valence electrons. The van der Waals surface area contributed by atoms with Gasteiger partial charge in [-0.1, -0.05) is 0 Å². The second-order valence-electron chi connectivity index (χ2n) is 7.14. The first kappa shape index (κ1) is 21.5. The van der Waals surface area contributed by atoms with Crippen LogP contribution in [-0.2, 0) is 6.61 Å². The summed E-state index contributed by atoms with van der Waals surface area (Å²) in [4.78, 5) is 15.1. The maximum atomic E-state index is 14.4. The number of rotatable bonds is 8. The van der Waals surface area contributed by atoms with Gasteiger partial charge in [0.05, 0.1) is 44.1 Å². The Labute approximate surface area is 184 Å². The van der Waals surface area contributed by atoms with Crippen LogP contribution in [-0.4, -0.2) is 42.3 Å². The average Bonchev–Trinajstić information content (AvgIpc) is 3.36. The Balaban J connectivity index is 1.39. The van der Waals surface area contributed by atoms with E-state index in [0.717, 1.165) is 30.7 Å². The lowest BCUT2D eigenvalue weighted by Crippen LogP contribution is -2.18. The van der Waals surface area contributed by atoms with Gasteiger partial charge >= 0.3 is 0 Å². The Kier molecular flexibility index (Phi) is 6.48. The summed E-state index contributed by atoms with van der Waals surface area (Å²) in [6, 6.07) is 5.01. The number of hydrogen-bond donors (Lipinski definition) is 1. The van der Waals surface area contributed by atoms with E-state index in [9.17, 15) is 8.78 Å². The molecule has 1 aromatic carbocycles. The van der Waals surface area contributed by atoms with Crippen LogP contribution in [0, 0.1) is 11.6 Å². The fourth-order valence-corrected chi connectivity index (χ4v) is 3.40. The third-order valence-corrected chi connectivity index (χ3v) is 5.11. The Morgan fingerprint density at radius 2 is 1.59 bits per heavy atom. The van der Waals surface area contributed by atoms with Gasteiger partial charge in [0, 0.05) is 19.2 Å². The topological polar surface area (TPSA) is 81.6 Å². The summed E-state index contributed by atoms with van der Waals surface area (Å²) >= 11 is 0. The molecule has 4 rings (SSSR count). The average molecular weight is 443 g/mol. The van der Waals surface area contributed by atoms with Gasteiger partial charge in [-0.2, -0.15) is 0 Å². The molecule has 1 fully saturated rings. The van der Waals surface area contributed by atoms with Gasteiger partial charge in [-0.05, 0) is 25.0 Å². The lowest BCUT2D eigenvalue weighted by atomic mass is 10.1. The number of hydrogen-bond acceptors (Lipinski definition) is 8. The van der Waals surface area contributed by atoms with Crippen LogP contribution in [0.3, 0.4) is 0 Å². The number of methoxy groups -OCH3 is 2. The summed E-state index contributed by atoms with van der Waals surface area (Å²) in [6.07, 6.45) is 6.93. The zero-order valence-corrected chi connectivity index (χ0v) is 17.8. The minimum Gasteiger partial charge on any atom is -0.494 e. The highest BCUT2D eigenvalue weighted by Gasteiger charge is 2.20. The van der Waals surface area contributed by atoms with Crippen molar-refractivity contribution in [3.63, 3.8) is 0 Å². The number of pyridine rings is 1. The van der Waals surface area contributed by atoms with Gasteiger partial charge in [0.25, 0.3) is 0 Å². The van der Waals surface area contributed by atoms with Crippen LogP contribution >= 0.6 is 0 Å². The molecule has 0 unspecified atom stereocenters. The highest BCUT2D eigenvalue weighted by molar-refractivity contribution is 5.55. The standard InChI is InChI=1S/C22H23F2N5O3/c1-30-17-9-18(31-2)21(24)16(20(17)23)13-32-15-11-26-22(27-12-15)28-14-5-6-19(25-10-14)29-7-3-4-8-29/h5-6,9-12H,3-4,7-8,13H2,1-2H3,(H,26,27,28). The summed E-state index contributed by atoms with van der Waals surface area (Å²) < 4.78 is 44.2. The van der Waals surface area contributed by atoms with Crippen molar-refractivity contribution in [3.8, 4) is 17.2 Å². The zero-order valence-electron chi connectivity index (χ0n) is 17.8. The zero-order chi connectivity index (χ0) is 22.5. The van der Waals surface area contributed by atoms with Crippen LogP contribution in [0.15, 0.2) is 36.8 Å². The summed E-state index contributed by atoms with van der Waals surface area (Å²) in [5.41, 5.74) is 0.432. The lowest BCUT2D eigenvalue weighted by Gasteiger charge is -2.16. The van der Waals surface area contributed by atoms with Crippen LogP contribution < -0.4 is 24.4 Å². The Hall–Kier alpha value is -3.69. The summed E-state index contributed by atoms with van der Waals surface area (Å²) in [5.74, 6) is -0.438. The summed E-state index contributed by atoms with van der Waals surface area (Å²) in [5, 5.41) is 3.06. The van der Waals surface area contributed by atoms with Gasteiger partial charge < -0.3 is 24.4 Å². The highest BCUT2D eigenvalue weighted by atomic mass is 19.1. The maximum absolute atomic E-state index is 14.4.